The second kappa shape index (κ2) is 5.48. The quantitative estimate of drug-likeness (QED) is 0.857. The van der Waals surface area contributed by atoms with Gasteiger partial charge in [0.25, 0.3) is 5.89 Å². The van der Waals surface area contributed by atoms with Crippen molar-refractivity contribution in [2.75, 3.05) is 19.7 Å². The second-order valence-corrected chi connectivity index (χ2v) is 6.27. The molecule has 2 aliphatic heterocycles. The van der Waals surface area contributed by atoms with E-state index in [9.17, 15) is 0 Å². The van der Waals surface area contributed by atoms with Crippen LogP contribution >= 0.6 is 0 Å². The Labute approximate surface area is 129 Å². The molecule has 0 aromatic carbocycles. The van der Waals surface area contributed by atoms with Gasteiger partial charge >= 0.3 is 0 Å². The highest BCUT2D eigenvalue weighted by molar-refractivity contribution is 5.09. The standard InChI is InChI=1S/C15H21N5O2/c1-10-6-11(2)20(17-10)12-7-19(8-12)9-14-16-15(22-18-14)13-4-3-5-21-13/h6,12-13H,3-5,7-9H2,1-2H3/t13-/m1/s1. The predicted molar refractivity (Wildman–Crippen MR) is 78.2 cm³/mol. The minimum atomic E-state index is 0.0000816. The average molecular weight is 303 g/mol. The van der Waals surface area contributed by atoms with E-state index in [1.165, 1.54) is 5.69 Å². The molecule has 2 fully saturated rings. The molecule has 0 spiro atoms. The van der Waals surface area contributed by atoms with Crippen molar-refractivity contribution in [1.29, 1.82) is 0 Å². The van der Waals surface area contributed by atoms with Crippen LogP contribution in [0.15, 0.2) is 10.6 Å². The summed E-state index contributed by atoms with van der Waals surface area (Å²) in [6.07, 6.45) is 2.05. The molecule has 7 nitrogen and oxygen atoms in total. The summed E-state index contributed by atoms with van der Waals surface area (Å²) in [6.45, 7) is 7.62. The number of rotatable bonds is 4. The minimum Gasteiger partial charge on any atom is -0.368 e. The number of ether oxygens (including phenoxy) is 1. The number of hydrogen-bond acceptors (Lipinski definition) is 6. The predicted octanol–water partition coefficient (Wildman–Crippen LogP) is 1.79. The molecule has 2 aromatic rings. The molecule has 0 radical (unpaired) electrons. The van der Waals surface area contributed by atoms with Crippen LogP contribution in [0, 0.1) is 13.8 Å². The Bertz CT molecular complexity index is 653. The molecule has 0 N–H and O–H groups in total. The van der Waals surface area contributed by atoms with Crippen molar-refractivity contribution in [2.45, 2.75) is 45.4 Å². The lowest BCUT2D eigenvalue weighted by atomic mass is 10.1. The van der Waals surface area contributed by atoms with Crippen molar-refractivity contribution in [1.82, 2.24) is 24.8 Å². The van der Waals surface area contributed by atoms with Gasteiger partial charge in [0.05, 0.1) is 18.3 Å². The molecule has 7 heteroatoms. The molecular formula is C15H21N5O2. The van der Waals surface area contributed by atoms with Crippen molar-refractivity contribution in [3.05, 3.63) is 29.2 Å². The topological polar surface area (TPSA) is 69.2 Å². The lowest BCUT2D eigenvalue weighted by Gasteiger charge is -2.38. The second-order valence-electron chi connectivity index (χ2n) is 6.27. The van der Waals surface area contributed by atoms with E-state index in [4.69, 9.17) is 9.26 Å². The first-order chi connectivity index (χ1) is 10.7. The van der Waals surface area contributed by atoms with Gasteiger partial charge in [-0.25, -0.2) is 0 Å². The zero-order valence-electron chi connectivity index (χ0n) is 13.0. The van der Waals surface area contributed by atoms with E-state index in [1.54, 1.807) is 0 Å². The maximum absolute atomic E-state index is 5.57. The van der Waals surface area contributed by atoms with Crippen LogP contribution in [0.5, 0.6) is 0 Å². The van der Waals surface area contributed by atoms with Gasteiger partial charge in [-0.05, 0) is 32.8 Å². The van der Waals surface area contributed by atoms with Crippen LogP contribution in [-0.2, 0) is 11.3 Å². The maximum Gasteiger partial charge on any atom is 0.255 e. The van der Waals surface area contributed by atoms with Crippen molar-refractivity contribution >= 4 is 0 Å². The summed E-state index contributed by atoms with van der Waals surface area (Å²) in [7, 11) is 0. The third-order valence-electron chi connectivity index (χ3n) is 4.38. The van der Waals surface area contributed by atoms with Crippen LogP contribution in [0.4, 0.5) is 0 Å². The first-order valence-electron chi connectivity index (χ1n) is 7.88. The Balaban J connectivity index is 1.33. The summed E-state index contributed by atoms with van der Waals surface area (Å²) in [6, 6.07) is 2.58. The summed E-state index contributed by atoms with van der Waals surface area (Å²) >= 11 is 0. The fraction of sp³-hybridized carbons (Fsp3) is 0.667. The van der Waals surface area contributed by atoms with E-state index < -0.39 is 0 Å². The Morgan fingerprint density at radius 2 is 2.18 bits per heavy atom. The fourth-order valence-corrected chi connectivity index (χ4v) is 3.28. The number of hydrogen-bond donors (Lipinski definition) is 0. The van der Waals surface area contributed by atoms with E-state index in [2.05, 4.69) is 37.8 Å². The van der Waals surface area contributed by atoms with E-state index in [1.807, 2.05) is 6.92 Å². The Kier molecular flexibility index (Phi) is 3.46. The third kappa shape index (κ3) is 2.55. The first kappa shape index (κ1) is 13.9. The molecule has 0 bridgehead atoms. The average Bonchev–Trinajstić information content (AvgIpc) is 3.14. The Hall–Kier alpha value is -1.73. The molecule has 4 rings (SSSR count). The molecule has 0 amide bonds. The van der Waals surface area contributed by atoms with Crippen LogP contribution < -0.4 is 0 Å². The highest BCUT2D eigenvalue weighted by Crippen LogP contribution is 2.28. The number of likely N-dealkylation sites (tertiary alicyclic amines) is 1. The number of aromatic nitrogens is 4. The molecule has 0 unspecified atom stereocenters. The zero-order chi connectivity index (χ0) is 15.1. The molecule has 0 saturated carbocycles. The maximum atomic E-state index is 5.57. The van der Waals surface area contributed by atoms with E-state index in [0.717, 1.165) is 50.6 Å². The molecule has 118 valence electrons. The van der Waals surface area contributed by atoms with Crippen LogP contribution in [0.1, 0.15) is 48.1 Å². The molecule has 22 heavy (non-hydrogen) atoms. The summed E-state index contributed by atoms with van der Waals surface area (Å²) in [5, 5.41) is 8.63. The van der Waals surface area contributed by atoms with Gasteiger partial charge in [-0.15, -0.1) is 0 Å². The Morgan fingerprint density at radius 1 is 1.32 bits per heavy atom. The van der Waals surface area contributed by atoms with E-state index in [0.29, 0.717) is 11.9 Å². The summed E-state index contributed by atoms with van der Waals surface area (Å²) in [5.41, 5.74) is 2.30. The first-order valence-corrected chi connectivity index (χ1v) is 7.88. The van der Waals surface area contributed by atoms with Gasteiger partial charge in [0.15, 0.2) is 5.82 Å². The van der Waals surface area contributed by atoms with Crippen molar-refractivity contribution in [3.63, 3.8) is 0 Å². The lowest BCUT2D eigenvalue weighted by Crippen LogP contribution is -2.47. The number of nitrogens with zero attached hydrogens (tertiary/aromatic N) is 5. The summed E-state index contributed by atoms with van der Waals surface area (Å²) < 4.78 is 13.0. The highest BCUT2D eigenvalue weighted by atomic mass is 16.5. The minimum absolute atomic E-state index is 0.0000816. The van der Waals surface area contributed by atoms with Crippen molar-refractivity contribution in [3.8, 4) is 0 Å². The third-order valence-corrected chi connectivity index (χ3v) is 4.38. The monoisotopic (exact) mass is 303 g/mol. The summed E-state index contributed by atoms with van der Waals surface area (Å²) in [5.74, 6) is 1.38. The molecule has 2 aliphatic rings. The normalized spacial score (nSPS) is 23.1. The Morgan fingerprint density at radius 3 is 2.86 bits per heavy atom. The largest absolute Gasteiger partial charge is 0.368 e. The smallest absolute Gasteiger partial charge is 0.255 e. The molecular weight excluding hydrogens is 282 g/mol. The highest BCUT2D eigenvalue weighted by Gasteiger charge is 2.31. The SMILES string of the molecule is Cc1cc(C)n(C2CN(Cc3noc([C@H]4CCCO4)n3)C2)n1. The van der Waals surface area contributed by atoms with Gasteiger partial charge in [-0.2, -0.15) is 10.1 Å². The van der Waals surface area contributed by atoms with Crippen LogP contribution in [-0.4, -0.2) is 44.5 Å². The van der Waals surface area contributed by atoms with Crippen LogP contribution in [0.3, 0.4) is 0 Å². The molecule has 0 aliphatic carbocycles. The number of aryl methyl sites for hydroxylation is 2. The van der Waals surface area contributed by atoms with Crippen LogP contribution in [0.25, 0.3) is 0 Å². The molecule has 1 atom stereocenters. The van der Waals surface area contributed by atoms with Crippen molar-refractivity contribution in [2.24, 2.45) is 0 Å². The van der Waals surface area contributed by atoms with Gasteiger partial charge in [0.2, 0.25) is 0 Å². The lowest BCUT2D eigenvalue weighted by molar-refractivity contribution is 0.0829. The van der Waals surface area contributed by atoms with Gasteiger partial charge in [-0.1, -0.05) is 5.16 Å². The zero-order valence-corrected chi connectivity index (χ0v) is 13.0. The van der Waals surface area contributed by atoms with Crippen molar-refractivity contribution < 1.29 is 9.26 Å². The van der Waals surface area contributed by atoms with Gasteiger partial charge in [-0.3, -0.25) is 9.58 Å². The van der Waals surface area contributed by atoms with Gasteiger partial charge in [0.1, 0.15) is 6.10 Å². The van der Waals surface area contributed by atoms with Gasteiger partial charge in [0, 0.05) is 25.4 Å². The summed E-state index contributed by atoms with van der Waals surface area (Å²) in [4.78, 5) is 6.78. The fourth-order valence-electron chi connectivity index (χ4n) is 3.28. The molecule has 2 aromatic heterocycles. The van der Waals surface area contributed by atoms with Crippen LogP contribution in [0.2, 0.25) is 0 Å². The van der Waals surface area contributed by atoms with E-state index >= 15 is 0 Å². The molecule has 2 saturated heterocycles. The van der Waals surface area contributed by atoms with Gasteiger partial charge < -0.3 is 9.26 Å². The van der Waals surface area contributed by atoms with E-state index in [-0.39, 0.29) is 6.10 Å². The molecule has 4 heterocycles.